The molecule has 3 aromatic rings. The Hall–Kier alpha value is -2.67. The van der Waals surface area contributed by atoms with E-state index in [-0.39, 0.29) is 6.03 Å². The van der Waals surface area contributed by atoms with Crippen LogP contribution in [0.1, 0.15) is 24.6 Å². The predicted octanol–water partition coefficient (Wildman–Crippen LogP) is 4.30. The van der Waals surface area contributed by atoms with Crippen molar-refractivity contribution in [2.75, 3.05) is 10.6 Å². The molecule has 0 aliphatic carbocycles. The average Bonchev–Trinajstić information content (AvgIpc) is 3.18. The van der Waals surface area contributed by atoms with Crippen molar-refractivity contribution in [3.8, 4) is 11.3 Å². The topological polar surface area (TPSA) is 82.7 Å². The Balaban J connectivity index is 1.63. The number of aromatic nitrogens is 3. The van der Waals surface area contributed by atoms with Gasteiger partial charge in [-0.05, 0) is 11.5 Å². The van der Waals surface area contributed by atoms with Gasteiger partial charge >= 0.3 is 6.03 Å². The SMILES string of the molecule is CC(C)c1cnc(NC(=O)Nc2cc(-c3ccccc3)[nH]n2)s1. The molecule has 2 heterocycles. The molecule has 118 valence electrons. The normalized spacial score (nSPS) is 10.7. The summed E-state index contributed by atoms with van der Waals surface area (Å²) in [5, 5.41) is 13.0. The lowest BCUT2D eigenvalue weighted by Gasteiger charge is -2.01. The summed E-state index contributed by atoms with van der Waals surface area (Å²) in [7, 11) is 0. The zero-order valence-electron chi connectivity index (χ0n) is 12.8. The zero-order valence-corrected chi connectivity index (χ0v) is 13.6. The molecule has 0 spiro atoms. The van der Waals surface area contributed by atoms with Gasteiger partial charge in [0.15, 0.2) is 10.9 Å². The third-order valence-corrected chi connectivity index (χ3v) is 4.43. The first-order chi connectivity index (χ1) is 11.1. The summed E-state index contributed by atoms with van der Waals surface area (Å²) in [6.07, 6.45) is 1.78. The molecule has 0 aliphatic rings. The Morgan fingerprint density at radius 3 is 2.70 bits per heavy atom. The van der Waals surface area contributed by atoms with Crippen LogP contribution < -0.4 is 10.6 Å². The molecular weight excluding hydrogens is 310 g/mol. The van der Waals surface area contributed by atoms with E-state index >= 15 is 0 Å². The number of amides is 2. The minimum Gasteiger partial charge on any atom is -0.291 e. The molecule has 0 aliphatic heterocycles. The molecule has 0 bridgehead atoms. The number of carbonyl (C=O) groups is 1. The maximum absolute atomic E-state index is 12.0. The van der Waals surface area contributed by atoms with Crippen LogP contribution in [0.15, 0.2) is 42.6 Å². The Kier molecular flexibility index (Phi) is 4.38. The summed E-state index contributed by atoms with van der Waals surface area (Å²) in [4.78, 5) is 17.3. The van der Waals surface area contributed by atoms with Gasteiger partial charge in [-0.1, -0.05) is 44.2 Å². The molecule has 0 fully saturated rings. The van der Waals surface area contributed by atoms with Gasteiger partial charge in [0.2, 0.25) is 0 Å². The van der Waals surface area contributed by atoms with E-state index in [1.807, 2.05) is 30.3 Å². The van der Waals surface area contributed by atoms with Crippen LogP contribution in [0.4, 0.5) is 15.7 Å². The third kappa shape index (κ3) is 3.75. The van der Waals surface area contributed by atoms with Gasteiger partial charge < -0.3 is 0 Å². The summed E-state index contributed by atoms with van der Waals surface area (Å²) in [5.74, 6) is 0.855. The number of carbonyl (C=O) groups excluding carboxylic acids is 1. The number of anilines is 2. The molecule has 23 heavy (non-hydrogen) atoms. The molecule has 0 saturated carbocycles. The third-order valence-electron chi connectivity index (χ3n) is 3.22. The number of nitrogens with one attached hydrogen (secondary N) is 3. The fourth-order valence-electron chi connectivity index (χ4n) is 2.01. The van der Waals surface area contributed by atoms with Crippen molar-refractivity contribution in [1.29, 1.82) is 0 Å². The number of hydrogen-bond donors (Lipinski definition) is 3. The van der Waals surface area contributed by atoms with E-state index < -0.39 is 0 Å². The van der Waals surface area contributed by atoms with Gasteiger partial charge in [0.25, 0.3) is 0 Å². The molecule has 1 aromatic carbocycles. The van der Waals surface area contributed by atoms with Gasteiger partial charge in [-0.15, -0.1) is 11.3 Å². The fraction of sp³-hybridized carbons (Fsp3) is 0.188. The smallest absolute Gasteiger partial charge is 0.291 e. The number of nitrogens with zero attached hydrogens (tertiary/aromatic N) is 2. The van der Waals surface area contributed by atoms with Gasteiger partial charge in [0, 0.05) is 17.1 Å². The molecule has 2 aromatic heterocycles. The summed E-state index contributed by atoms with van der Waals surface area (Å²) < 4.78 is 0. The van der Waals surface area contributed by atoms with Crippen LogP contribution in [0.5, 0.6) is 0 Å². The van der Waals surface area contributed by atoms with E-state index in [9.17, 15) is 4.79 Å². The van der Waals surface area contributed by atoms with Gasteiger partial charge in [0.05, 0.1) is 5.69 Å². The summed E-state index contributed by atoms with van der Waals surface area (Å²) >= 11 is 1.47. The van der Waals surface area contributed by atoms with Crippen molar-refractivity contribution >= 4 is 28.3 Å². The largest absolute Gasteiger partial charge is 0.326 e. The molecule has 0 unspecified atom stereocenters. The average molecular weight is 327 g/mol. The van der Waals surface area contributed by atoms with E-state index in [1.54, 1.807) is 12.3 Å². The first kappa shape index (κ1) is 15.2. The second-order valence-electron chi connectivity index (χ2n) is 5.33. The zero-order chi connectivity index (χ0) is 16.2. The maximum Gasteiger partial charge on any atom is 0.326 e. The first-order valence-corrected chi connectivity index (χ1v) is 8.08. The standard InChI is InChI=1S/C16H17N5OS/c1-10(2)13-9-17-16(23-13)19-15(22)18-14-8-12(20-21-14)11-6-4-3-5-7-11/h3-10H,1-2H3,(H3,17,18,19,20,21,22). The van der Waals surface area contributed by atoms with Crippen molar-refractivity contribution in [2.24, 2.45) is 0 Å². The number of H-pyrrole nitrogens is 1. The van der Waals surface area contributed by atoms with E-state index in [2.05, 4.69) is 39.7 Å². The Morgan fingerprint density at radius 2 is 2.00 bits per heavy atom. The van der Waals surface area contributed by atoms with Crippen molar-refractivity contribution < 1.29 is 4.79 Å². The first-order valence-electron chi connectivity index (χ1n) is 7.26. The van der Waals surface area contributed by atoms with E-state index in [4.69, 9.17) is 0 Å². The number of benzene rings is 1. The van der Waals surface area contributed by atoms with Crippen LogP contribution in [0.3, 0.4) is 0 Å². The minimum atomic E-state index is -0.360. The minimum absolute atomic E-state index is 0.360. The van der Waals surface area contributed by atoms with Crippen molar-refractivity contribution in [2.45, 2.75) is 19.8 Å². The van der Waals surface area contributed by atoms with Gasteiger partial charge in [-0.2, -0.15) is 5.10 Å². The van der Waals surface area contributed by atoms with Gasteiger partial charge in [0.1, 0.15) is 0 Å². The number of hydrogen-bond acceptors (Lipinski definition) is 4. The van der Waals surface area contributed by atoms with Crippen LogP contribution in [-0.2, 0) is 0 Å². The summed E-state index contributed by atoms with van der Waals surface area (Å²) in [6.45, 7) is 4.18. The molecule has 3 N–H and O–H groups in total. The van der Waals surface area contributed by atoms with Crippen LogP contribution in [-0.4, -0.2) is 21.2 Å². The van der Waals surface area contributed by atoms with Crippen LogP contribution >= 0.6 is 11.3 Å². The molecule has 7 heteroatoms. The highest BCUT2D eigenvalue weighted by molar-refractivity contribution is 7.15. The van der Waals surface area contributed by atoms with Crippen molar-refractivity contribution in [1.82, 2.24) is 15.2 Å². The van der Waals surface area contributed by atoms with Crippen LogP contribution in [0, 0.1) is 0 Å². The molecule has 0 saturated heterocycles. The van der Waals surface area contributed by atoms with E-state index in [1.165, 1.54) is 11.3 Å². The van der Waals surface area contributed by atoms with E-state index in [0.717, 1.165) is 16.1 Å². The highest BCUT2D eigenvalue weighted by atomic mass is 32.1. The number of aromatic amines is 1. The Morgan fingerprint density at radius 1 is 1.22 bits per heavy atom. The number of urea groups is 1. The molecule has 0 atom stereocenters. The monoisotopic (exact) mass is 327 g/mol. The number of rotatable bonds is 4. The molecule has 3 rings (SSSR count). The fourth-order valence-corrected chi connectivity index (χ4v) is 2.82. The van der Waals surface area contributed by atoms with Gasteiger partial charge in [-0.3, -0.25) is 15.7 Å². The lowest BCUT2D eigenvalue weighted by molar-refractivity contribution is 0.262. The summed E-state index contributed by atoms with van der Waals surface area (Å²) in [6, 6.07) is 11.2. The second kappa shape index (κ2) is 6.62. The number of thiazole rings is 1. The molecule has 0 radical (unpaired) electrons. The van der Waals surface area contributed by atoms with E-state index in [0.29, 0.717) is 16.9 Å². The van der Waals surface area contributed by atoms with Crippen LogP contribution in [0.2, 0.25) is 0 Å². The highest BCUT2D eigenvalue weighted by Gasteiger charge is 2.10. The quantitative estimate of drug-likeness (QED) is 0.668. The van der Waals surface area contributed by atoms with Crippen molar-refractivity contribution in [3.63, 3.8) is 0 Å². The Bertz CT molecular complexity index is 794. The lowest BCUT2D eigenvalue weighted by atomic mass is 10.2. The summed E-state index contributed by atoms with van der Waals surface area (Å²) in [5.41, 5.74) is 1.85. The second-order valence-corrected chi connectivity index (χ2v) is 6.40. The lowest BCUT2D eigenvalue weighted by Crippen LogP contribution is -2.19. The van der Waals surface area contributed by atoms with Gasteiger partial charge in [-0.25, -0.2) is 9.78 Å². The molecular formula is C16H17N5OS. The van der Waals surface area contributed by atoms with Crippen LogP contribution in [0.25, 0.3) is 11.3 Å². The molecule has 2 amide bonds. The molecule has 6 nitrogen and oxygen atoms in total. The highest BCUT2D eigenvalue weighted by Crippen LogP contribution is 2.25. The predicted molar refractivity (Wildman–Crippen MR) is 92.9 cm³/mol. The van der Waals surface area contributed by atoms with Crippen molar-refractivity contribution in [3.05, 3.63) is 47.5 Å². The Labute approximate surface area is 138 Å². The maximum atomic E-state index is 12.0.